The number of rotatable bonds is 4. The molecule has 0 aliphatic heterocycles. The Labute approximate surface area is 358 Å². The molecule has 0 atom stereocenters. The molecule has 14 rings (SSSR count). The zero-order valence-corrected chi connectivity index (χ0v) is 33.6. The van der Waals surface area contributed by atoms with E-state index < -0.39 is 0 Å². The number of furan rings is 2. The van der Waals surface area contributed by atoms with Crippen molar-refractivity contribution in [1.82, 2.24) is 19.5 Å². The van der Waals surface area contributed by atoms with Crippen molar-refractivity contribution in [1.29, 1.82) is 0 Å². The van der Waals surface area contributed by atoms with Crippen LogP contribution in [0.4, 0.5) is 0 Å². The molecule has 0 aliphatic carbocycles. The average molecular weight is 805 g/mol. The molecular formula is C57H32N4O2. The summed E-state index contributed by atoms with van der Waals surface area (Å²) in [7, 11) is 0. The summed E-state index contributed by atoms with van der Waals surface area (Å²) >= 11 is 0. The summed E-state index contributed by atoms with van der Waals surface area (Å²) in [5.41, 5.74) is 9.10. The van der Waals surface area contributed by atoms with Gasteiger partial charge in [-0.25, -0.2) is 15.0 Å². The number of benzene rings is 10. The first-order valence-electron chi connectivity index (χ1n) is 21.2. The molecule has 0 radical (unpaired) electrons. The monoisotopic (exact) mass is 804 g/mol. The average Bonchev–Trinajstić information content (AvgIpc) is 4.03. The van der Waals surface area contributed by atoms with Gasteiger partial charge >= 0.3 is 0 Å². The van der Waals surface area contributed by atoms with Gasteiger partial charge in [-0.2, -0.15) is 0 Å². The van der Waals surface area contributed by atoms with E-state index in [0.29, 0.717) is 17.5 Å². The van der Waals surface area contributed by atoms with E-state index >= 15 is 0 Å². The van der Waals surface area contributed by atoms with Gasteiger partial charge in [-0.15, -0.1) is 0 Å². The van der Waals surface area contributed by atoms with Crippen LogP contribution >= 0.6 is 0 Å². The first-order valence-corrected chi connectivity index (χ1v) is 21.2. The second kappa shape index (κ2) is 12.9. The third-order valence-corrected chi connectivity index (χ3v) is 12.8. The molecule has 0 bridgehead atoms. The number of hydrogen-bond acceptors (Lipinski definition) is 5. The molecule has 0 saturated carbocycles. The van der Waals surface area contributed by atoms with Gasteiger partial charge in [0.15, 0.2) is 17.5 Å². The fraction of sp³-hybridized carbons (Fsp3) is 0. The van der Waals surface area contributed by atoms with Gasteiger partial charge in [0, 0.05) is 54.5 Å². The maximum Gasteiger partial charge on any atom is 0.167 e. The topological polar surface area (TPSA) is 69.9 Å². The normalized spacial score (nSPS) is 12.1. The van der Waals surface area contributed by atoms with E-state index in [1.54, 1.807) is 0 Å². The van der Waals surface area contributed by atoms with Crippen LogP contribution in [0, 0.1) is 0 Å². The lowest BCUT2D eigenvalue weighted by Crippen LogP contribution is -2.00. The van der Waals surface area contributed by atoms with E-state index in [2.05, 4.69) is 132 Å². The summed E-state index contributed by atoms with van der Waals surface area (Å²) in [6.07, 6.45) is 0. The standard InChI is InChI=1S/C57H32N4O2/c1-2-13-34(14-3-1)55-58-56(38-24-26-42-41-18-8-10-20-49(41)62-51(42)31-38)60-57(59-55)47-29-37-22-25-39(32-45(37)52-44-19-9-11-21-50(44)63-54(47)52)61-48-30-36-16-5-4-15-35(36)28-46(48)43-27-23-33-12-6-7-17-40(33)53(43)61/h1-32H. The van der Waals surface area contributed by atoms with Crippen molar-refractivity contribution in [2.45, 2.75) is 0 Å². The van der Waals surface area contributed by atoms with E-state index in [0.717, 1.165) is 82.5 Å². The molecule has 292 valence electrons. The third-order valence-electron chi connectivity index (χ3n) is 12.8. The minimum Gasteiger partial charge on any atom is -0.456 e. The third kappa shape index (κ3) is 5.09. The molecule has 0 N–H and O–H groups in total. The number of aromatic nitrogens is 4. The van der Waals surface area contributed by atoms with Crippen molar-refractivity contribution in [2.75, 3.05) is 0 Å². The first-order chi connectivity index (χ1) is 31.2. The van der Waals surface area contributed by atoms with E-state index in [4.69, 9.17) is 23.8 Å². The lowest BCUT2D eigenvalue weighted by molar-refractivity contribution is 0.668. The minimum atomic E-state index is 0.527. The molecule has 0 unspecified atom stereocenters. The van der Waals surface area contributed by atoms with Gasteiger partial charge in [-0.3, -0.25) is 0 Å². The predicted molar refractivity (Wildman–Crippen MR) is 258 cm³/mol. The van der Waals surface area contributed by atoms with Crippen molar-refractivity contribution >= 4 is 98.0 Å². The SMILES string of the molecule is c1ccc(-c2nc(-c3ccc4c(c3)oc3ccccc34)nc(-c3cc4ccc(-n5c6cc7ccccc7cc6c6ccc7ccccc7c65)cc4c4c3oc3ccccc34)n2)cc1. The van der Waals surface area contributed by atoms with E-state index in [9.17, 15) is 0 Å². The summed E-state index contributed by atoms with van der Waals surface area (Å²) in [6.45, 7) is 0. The first kappa shape index (κ1) is 34.1. The zero-order valence-electron chi connectivity index (χ0n) is 33.6. The summed E-state index contributed by atoms with van der Waals surface area (Å²) in [5.74, 6) is 1.65. The fourth-order valence-electron chi connectivity index (χ4n) is 9.85. The minimum absolute atomic E-state index is 0.527. The highest BCUT2D eigenvalue weighted by molar-refractivity contribution is 6.24. The van der Waals surface area contributed by atoms with Gasteiger partial charge in [-0.05, 0) is 81.5 Å². The van der Waals surface area contributed by atoms with E-state index in [-0.39, 0.29) is 0 Å². The van der Waals surface area contributed by atoms with Gasteiger partial charge < -0.3 is 13.4 Å². The second-order valence-electron chi connectivity index (χ2n) is 16.3. The van der Waals surface area contributed by atoms with Crippen molar-refractivity contribution in [2.24, 2.45) is 0 Å². The van der Waals surface area contributed by atoms with E-state index in [1.165, 1.54) is 37.8 Å². The Morgan fingerprint density at radius 2 is 0.984 bits per heavy atom. The predicted octanol–water partition coefficient (Wildman–Crippen LogP) is 15.2. The Hall–Kier alpha value is -8.61. The number of nitrogens with zero attached hydrogens (tertiary/aromatic N) is 4. The van der Waals surface area contributed by atoms with Crippen LogP contribution in [0.15, 0.2) is 203 Å². The molecule has 14 aromatic rings. The number of para-hydroxylation sites is 2. The second-order valence-corrected chi connectivity index (χ2v) is 16.3. The lowest BCUT2D eigenvalue weighted by atomic mass is 9.99. The van der Waals surface area contributed by atoms with Gasteiger partial charge in [0.05, 0.1) is 16.6 Å². The molecule has 0 saturated heterocycles. The molecule has 6 nitrogen and oxygen atoms in total. The van der Waals surface area contributed by atoms with Crippen LogP contribution in [0.3, 0.4) is 0 Å². The van der Waals surface area contributed by atoms with Crippen LogP contribution < -0.4 is 0 Å². The van der Waals surface area contributed by atoms with Crippen molar-refractivity contribution < 1.29 is 8.83 Å². The molecule has 0 spiro atoms. The van der Waals surface area contributed by atoms with Crippen molar-refractivity contribution in [3.63, 3.8) is 0 Å². The Morgan fingerprint density at radius 1 is 0.349 bits per heavy atom. The summed E-state index contributed by atoms with van der Waals surface area (Å²) < 4.78 is 15.7. The molecule has 0 amide bonds. The molecular weight excluding hydrogens is 773 g/mol. The molecule has 10 aromatic carbocycles. The van der Waals surface area contributed by atoms with Gasteiger partial charge in [0.25, 0.3) is 0 Å². The van der Waals surface area contributed by atoms with Gasteiger partial charge in [-0.1, -0.05) is 140 Å². The van der Waals surface area contributed by atoms with Crippen LogP contribution in [0.2, 0.25) is 0 Å². The van der Waals surface area contributed by atoms with Crippen LogP contribution in [0.25, 0.3) is 138 Å². The zero-order chi connectivity index (χ0) is 41.2. The number of hydrogen-bond donors (Lipinski definition) is 0. The van der Waals surface area contributed by atoms with Gasteiger partial charge in [0.2, 0.25) is 0 Å². The largest absolute Gasteiger partial charge is 0.456 e. The van der Waals surface area contributed by atoms with Crippen LogP contribution in [0.1, 0.15) is 0 Å². The van der Waals surface area contributed by atoms with Crippen molar-refractivity contribution in [3.05, 3.63) is 194 Å². The highest BCUT2D eigenvalue weighted by Crippen LogP contribution is 2.44. The summed E-state index contributed by atoms with van der Waals surface area (Å²) in [4.78, 5) is 15.5. The van der Waals surface area contributed by atoms with Gasteiger partial charge in [0.1, 0.15) is 22.3 Å². The highest BCUT2D eigenvalue weighted by atomic mass is 16.3. The molecule has 0 fully saturated rings. The Kier molecular flexibility index (Phi) is 7.02. The molecule has 0 aliphatic rings. The molecule has 4 heterocycles. The maximum atomic E-state index is 6.88. The molecule has 63 heavy (non-hydrogen) atoms. The quantitative estimate of drug-likeness (QED) is 0.177. The molecule has 4 aromatic heterocycles. The number of fused-ring (bicyclic) bond motifs is 14. The van der Waals surface area contributed by atoms with Crippen LogP contribution in [-0.2, 0) is 0 Å². The smallest absolute Gasteiger partial charge is 0.167 e. The summed E-state index contributed by atoms with van der Waals surface area (Å²) in [5, 5.41) is 13.6. The van der Waals surface area contributed by atoms with Crippen LogP contribution in [-0.4, -0.2) is 19.5 Å². The maximum absolute atomic E-state index is 6.88. The summed E-state index contributed by atoms with van der Waals surface area (Å²) in [6, 6.07) is 68.2. The van der Waals surface area contributed by atoms with E-state index in [1.807, 2.05) is 66.7 Å². The Balaban J connectivity index is 1.04. The molecule has 6 heteroatoms. The Morgan fingerprint density at radius 3 is 1.83 bits per heavy atom. The van der Waals surface area contributed by atoms with Crippen LogP contribution in [0.5, 0.6) is 0 Å². The fourth-order valence-corrected chi connectivity index (χ4v) is 9.85. The lowest BCUT2D eigenvalue weighted by Gasteiger charge is -2.13. The highest BCUT2D eigenvalue weighted by Gasteiger charge is 2.23. The van der Waals surface area contributed by atoms with Crippen molar-refractivity contribution in [3.8, 4) is 39.9 Å². The Bertz CT molecular complexity index is 4220.